The number of benzene rings is 2. The molecule has 246 valence electrons. The Morgan fingerprint density at radius 1 is 1.04 bits per heavy atom. The number of alkyl halides is 2. The molecule has 0 radical (unpaired) electrons. The molecule has 2 aliphatic heterocycles. The topological polar surface area (TPSA) is 105 Å². The van der Waals surface area contributed by atoms with E-state index >= 15 is 0 Å². The Labute approximate surface area is 276 Å². The maximum Gasteiger partial charge on any atom is 0.291 e. The normalized spacial score (nSPS) is 16.1. The van der Waals surface area contributed by atoms with E-state index in [1.54, 1.807) is 29.2 Å². The molecule has 0 bridgehead atoms. The standard InChI is InChI=1S/C34H36ClF2N7O3/c1-20-22(23-8-6-10-25(30(23)35)41-33(46)31-39-27-18-42(2)13-11-28(27)43(31)3)7-5-9-24(20)40-32(45)26-15-29(47-4)21(16-38-26)17-44-14-12-34(36,37)19-44/h5-10,15-16H,11-14,17-19H2,1-4H3,(H,40,45)(H,41,46). The minimum Gasteiger partial charge on any atom is -0.496 e. The summed E-state index contributed by atoms with van der Waals surface area (Å²) in [5.41, 5.74) is 5.88. The van der Waals surface area contributed by atoms with Crippen LogP contribution in [0.1, 0.15) is 50.0 Å². The van der Waals surface area contributed by atoms with Crippen LogP contribution in [0.4, 0.5) is 20.2 Å². The number of fused-ring (bicyclic) bond motifs is 1. The molecule has 0 saturated carbocycles. The van der Waals surface area contributed by atoms with Crippen LogP contribution in [0.2, 0.25) is 5.02 Å². The second-order valence-corrected chi connectivity index (χ2v) is 12.5. The number of halogens is 3. The van der Waals surface area contributed by atoms with E-state index in [4.69, 9.17) is 16.3 Å². The summed E-state index contributed by atoms with van der Waals surface area (Å²) >= 11 is 6.88. The number of hydrogen-bond donors (Lipinski definition) is 2. The molecule has 4 aromatic rings. The van der Waals surface area contributed by atoms with Crippen LogP contribution in [-0.2, 0) is 26.6 Å². The summed E-state index contributed by atoms with van der Waals surface area (Å²) in [5.74, 6) is -2.80. The number of hydrogen-bond acceptors (Lipinski definition) is 7. The number of amides is 2. The lowest BCUT2D eigenvalue weighted by Crippen LogP contribution is -2.27. The highest BCUT2D eigenvalue weighted by molar-refractivity contribution is 6.36. The number of likely N-dealkylation sites (tertiary alicyclic amines) is 1. The number of ether oxygens (including phenoxy) is 1. The Morgan fingerprint density at radius 2 is 1.77 bits per heavy atom. The van der Waals surface area contributed by atoms with Crippen LogP contribution in [0, 0.1) is 6.92 Å². The van der Waals surface area contributed by atoms with Crippen LogP contribution in [0.15, 0.2) is 48.7 Å². The molecule has 2 amide bonds. The van der Waals surface area contributed by atoms with Crippen LogP contribution in [0.25, 0.3) is 11.1 Å². The van der Waals surface area contributed by atoms with Gasteiger partial charge in [-0.15, -0.1) is 0 Å². The van der Waals surface area contributed by atoms with E-state index in [0.29, 0.717) is 45.6 Å². The fourth-order valence-electron chi connectivity index (χ4n) is 6.21. The third-order valence-electron chi connectivity index (χ3n) is 8.81. The van der Waals surface area contributed by atoms with Crippen molar-refractivity contribution in [2.45, 2.75) is 38.8 Å². The average molecular weight is 664 g/mol. The van der Waals surface area contributed by atoms with Gasteiger partial charge in [-0.3, -0.25) is 19.5 Å². The number of rotatable bonds is 8. The van der Waals surface area contributed by atoms with Crippen LogP contribution >= 0.6 is 11.6 Å². The zero-order valence-corrected chi connectivity index (χ0v) is 27.4. The lowest BCUT2D eigenvalue weighted by Gasteiger charge is -2.21. The smallest absolute Gasteiger partial charge is 0.291 e. The van der Waals surface area contributed by atoms with Gasteiger partial charge in [-0.1, -0.05) is 35.9 Å². The van der Waals surface area contributed by atoms with E-state index in [1.165, 1.54) is 19.4 Å². The predicted molar refractivity (Wildman–Crippen MR) is 176 cm³/mol. The summed E-state index contributed by atoms with van der Waals surface area (Å²) in [6.07, 6.45) is 2.13. The summed E-state index contributed by atoms with van der Waals surface area (Å²) in [6.45, 7) is 3.66. The van der Waals surface area contributed by atoms with Gasteiger partial charge in [0.1, 0.15) is 11.4 Å². The molecule has 10 nitrogen and oxygen atoms in total. The molecular weight excluding hydrogens is 628 g/mol. The Balaban J connectivity index is 1.19. The van der Waals surface area contributed by atoms with Crippen molar-refractivity contribution in [2.24, 2.45) is 7.05 Å². The van der Waals surface area contributed by atoms with Gasteiger partial charge in [0.15, 0.2) is 5.82 Å². The Bertz CT molecular complexity index is 1860. The Kier molecular flexibility index (Phi) is 9.01. The lowest BCUT2D eigenvalue weighted by atomic mass is 9.98. The number of anilines is 2. The third-order valence-corrected chi connectivity index (χ3v) is 9.21. The fraction of sp³-hybridized carbons (Fsp3) is 0.353. The summed E-state index contributed by atoms with van der Waals surface area (Å²) in [6, 6.07) is 12.4. The van der Waals surface area contributed by atoms with Crippen molar-refractivity contribution in [3.63, 3.8) is 0 Å². The van der Waals surface area contributed by atoms with Crippen LogP contribution < -0.4 is 15.4 Å². The summed E-state index contributed by atoms with van der Waals surface area (Å²) < 4.78 is 34.7. The number of imidazole rings is 1. The SMILES string of the molecule is COc1cc(C(=O)Nc2cccc(-c3cccc(NC(=O)c4nc5c(n4C)CCN(C)C5)c3Cl)c2C)ncc1CN1CCC(F)(F)C1. The van der Waals surface area contributed by atoms with Gasteiger partial charge in [-0.25, -0.2) is 13.8 Å². The number of carbonyl (C=O) groups is 2. The van der Waals surface area contributed by atoms with Crippen molar-refractivity contribution < 1.29 is 23.1 Å². The maximum absolute atomic E-state index is 13.7. The predicted octanol–water partition coefficient (Wildman–Crippen LogP) is 5.79. The first kappa shape index (κ1) is 32.5. The van der Waals surface area contributed by atoms with Crippen molar-refractivity contribution >= 4 is 34.8 Å². The number of pyridine rings is 1. The van der Waals surface area contributed by atoms with Gasteiger partial charge < -0.3 is 24.8 Å². The molecule has 1 saturated heterocycles. The molecule has 0 unspecified atom stereocenters. The zero-order valence-electron chi connectivity index (χ0n) is 26.7. The van der Waals surface area contributed by atoms with Crippen LogP contribution in [-0.4, -0.2) is 75.9 Å². The van der Waals surface area contributed by atoms with E-state index < -0.39 is 11.8 Å². The number of methoxy groups -OCH3 is 1. The number of aromatic nitrogens is 3. The molecule has 0 spiro atoms. The van der Waals surface area contributed by atoms with Crippen molar-refractivity contribution in [2.75, 3.05) is 44.4 Å². The molecule has 4 heterocycles. The van der Waals surface area contributed by atoms with Gasteiger partial charge in [0.25, 0.3) is 17.7 Å². The van der Waals surface area contributed by atoms with Crippen molar-refractivity contribution in [3.8, 4) is 16.9 Å². The molecule has 13 heteroatoms. The molecule has 2 N–H and O–H groups in total. The molecule has 0 aliphatic carbocycles. The molecule has 2 aromatic carbocycles. The number of likely N-dealkylation sites (N-methyl/N-ethyl adjacent to an activating group) is 1. The van der Waals surface area contributed by atoms with Gasteiger partial charge in [0, 0.05) is 80.8 Å². The fourth-order valence-corrected chi connectivity index (χ4v) is 6.48. The second kappa shape index (κ2) is 13.0. The summed E-state index contributed by atoms with van der Waals surface area (Å²) in [4.78, 5) is 39.4. The molecule has 6 rings (SSSR count). The Hall–Kier alpha value is -4.39. The third kappa shape index (κ3) is 6.71. The van der Waals surface area contributed by atoms with Crippen molar-refractivity contribution in [3.05, 3.63) is 87.7 Å². The van der Waals surface area contributed by atoms with Crippen molar-refractivity contribution in [1.82, 2.24) is 24.3 Å². The van der Waals surface area contributed by atoms with Gasteiger partial charge in [0.2, 0.25) is 0 Å². The molecular formula is C34H36ClF2N7O3. The molecule has 2 aromatic heterocycles. The number of nitrogens with one attached hydrogen (secondary N) is 2. The van der Waals surface area contributed by atoms with E-state index in [-0.39, 0.29) is 37.7 Å². The van der Waals surface area contributed by atoms with E-state index in [9.17, 15) is 18.4 Å². The van der Waals surface area contributed by atoms with Crippen LogP contribution in [0.3, 0.4) is 0 Å². The molecule has 2 aliphatic rings. The minimum absolute atomic E-state index is 0.118. The van der Waals surface area contributed by atoms with Gasteiger partial charge in [-0.05, 0) is 37.2 Å². The molecule has 0 atom stereocenters. The first-order chi connectivity index (χ1) is 22.4. The number of nitrogens with zero attached hydrogens (tertiary/aromatic N) is 5. The maximum atomic E-state index is 13.7. The van der Waals surface area contributed by atoms with Gasteiger partial charge >= 0.3 is 0 Å². The van der Waals surface area contributed by atoms with Gasteiger partial charge in [0.05, 0.1) is 30.1 Å². The minimum atomic E-state index is -2.71. The number of carbonyl (C=O) groups excluding carboxylic acids is 2. The Morgan fingerprint density at radius 3 is 2.49 bits per heavy atom. The molecule has 1 fully saturated rings. The first-order valence-electron chi connectivity index (χ1n) is 15.3. The van der Waals surface area contributed by atoms with E-state index in [0.717, 1.165) is 35.5 Å². The van der Waals surface area contributed by atoms with E-state index in [2.05, 4.69) is 25.5 Å². The first-order valence-corrected chi connectivity index (χ1v) is 15.7. The molecule has 47 heavy (non-hydrogen) atoms. The highest BCUT2D eigenvalue weighted by atomic mass is 35.5. The zero-order chi connectivity index (χ0) is 33.5. The van der Waals surface area contributed by atoms with Crippen molar-refractivity contribution in [1.29, 1.82) is 0 Å². The monoisotopic (exact) mass is 663 g/mol. The summed E-state index contributed by atoms with van der Waals surface area (Å²) in [7, 11) is 5.35. The average Bonchev–Trinajstić information content (AvgIpc) is 3.56. The highest BCUT2D eigenvalue weighted by Gasteiger charge is 2.38. The van der Waals surface area contributed by atoms with Gasteiger partial charge in [-0.2, -0.15) is 0 Å². The quantitative estimate of drug-likeness (QED) is 0.246. The van der Waals surface area contributed by atoms with Crippen LogP contribution in [0.5, 0.6) is 5.75 Å². The summed E-state index contributed by atoms with van der Waals surface area (Å²) in [5, 5.41) is 6.20. The highest BCUT2D eigenvalue weighted by Crippen LogP contribution is 2.38. The lowest BCUT2D eigenvalue weighted by molar-refractivity contribution is 0.0114. The van der Waals surface area contributed by atoms with E-state index in [1.807, 2.05) is 37.7 Å². The largest absolute Gasteiger partial charge is 0.496 e. The second-order valence-electron chi connectivity index (χ2n) is 12.1.